The molecule has 0 aliphatic carbocycles. The molecule has 4 rings (SSSR count). The number of benzene rings is 1. The molecule has 1 atom stereocenters. The zero-order chi connectivity index (χ0) is 21.1. The van der Waals surface area contributed by atoms with Gasteiger partial charge in [-0.05, 0) is 31.4 Å². The number of hydrogen-bond donors (Lipinski definition) is 0. The summed E-state index contributed by atoms with van der Waals surface area (Å²) in [5.41, 5.74) is 2.41. The highest BCUT2D eigenvalue weighted by Gasteiger charge is 2.26. The smallest absolute Gasteiger partial charge is 0.264 e. The van der Waals surface area contributed by atoms with Crippen molar-refractivity contribution < 1.29 is 14.3 Å². The zero-order valence-corrected chi connectivity index (χ0v) is 18.5. The van der Waals surface area contributed by atoms with Crippen molar-refractivity contribution in [2.75, 3.05) is 39.3 Å². The Morgan fingerprint density at radius 2 is 1.90 bits per heavy atom. The summed E-state index contributed by atoms with van der Waals surface area (Å²) < 4.78 is 6.06. The monoisotopic (exact) mass is 427 g/mol. The molecule has 160 valence electrons. The van der Waals surface area contributed by atoms with Crippen LogP contribution in [-0.4, -0.2) is 71.9 Å². The lowest BCUT2D eigenvalue weighted by molar-refractivity contribution is -0.133. The Morgan fingerprint density at radius 1 is 1.13 bits per heavy atom. The van der Waals surface area contributed by atoms with Gasteiger partial charge in [-0.25, -0.2) is 0 Å². The fourth-order valence-electron chi connectivity index (χ4n) is 4.17. The minimum atomic E-state index is 0.0737. The Kier molecular flexibility index (Phi) is 6.39. The fraction of sp³-hybridized carbons (Fsp3) is 0.478. The second kappa shape index (κ2) is 9.18. The summed E-state index contributed by atoms with van der Waals surface area (Å²) >= 11 is 1.47. The number of ether oxygens (including phenoxy) is 1. The summed E-state index contributed by atoms with van der Waals surface area (Å²) in [5, 5.41) is 1.92. The molecule has 2 aliphatic heterocycles. The third kappa shape index (κ3) is 4.84. The Balaban J connectivity index is 1.28. The van der Waals surface area contributed by atoms with E-state index in [2.05, 4.69) is 30.9 Å². The first kappa shape index (κ1) is 20.9. The third-order valence-corrected chi connectivity index (χ3v) is 6.60. The van der Waals surface area contributed by atoms with Crippen molar-refractivity contribution in [3.05, 3.63) is 51.7 Å². The first-order chi connectivity index (χ1) is 14.5. The van der Waals surface area contributed by atoms with Crippen LogP contribution in [0.5, 0.6) is 5.75 Å². The summed E-state index contributed by atoms with van der Waals surface area (Å²) in [7, 11) is 0. The molecular formula is C23H29N3O3S. The minimum absolute atomic E-state index is 0.0737. The van der Waals surface area contributed by atoms with Gasteiger partial charge in [-0.2, -0.15) is 0 Å². The molecule has 6 nitrogen and oxygen atoms in total. The van der Waals surface area contributed by atoms with Crippen LogP contribution in [0.3, 0.4) is 0 Å². The predicted molar refractivity (Wildman–Crippen MR) is 118 cm³/mol. The van der Waals surface area contributed by atoms with Crippen LogP contribution < -0.4 is 4.74 Å². The predicted octanol–water partition coefficient (Wildman–Crippen LogP) is 3.01. The first-order valence-electron chi connectivity index (χ1n) is 10.6. The fourth-order valence-corrected chi connectivity index (χ4v) is 4.86. The van der Waals surface area contributed by atoms with Crippen molar-refractivity contribution in [2.24, 2.45) is 0 Å². The Hall–Kier alpha value is -2.38. The van der Waals surface area contributed by atoms with E-state index in [1.807, 2.05) is 33.4 Å². The summed E-state index contributed by atoms with van der Waals surface area (Å²) in [4.78, 5) is 32.1. The van der Waals surface area contributed by atoms with E-state index in [9.17, 15) is 9.59 Å². The molecule has 0 radical (unpaired) electrons. The van der Waals surface area contributed by atoms with Gasteiger partial charge in [-0.3, -0.25) is 14.5 Å². The molecule has 3 heterocycles. The van der Waals surface area contributed by atoms with Gasteiger partial charge >= 0.3 is 0 Å². The minimum Gasteiger partial charge on any atom is -0.489 e. The van der Waals surface area contributed by atoms with E-state index in [0.29, 0.717) is 39.1 Å². The van der Waals surface area contributed by atoms with Crippen LogP contribution in [0.25, 0.3) is 0 Å². The second-order valence-electron chi connectivity index (χ2n) is 8.18. The molecule has 30 heavy (non-hydrogen) atoms. The summed E-state index contributed by atoms with van der Waals surface area (Å²) in [5.74, 6) is 1.19. The van der Waals surface area contributed by atoms with E-state index in [1.165, 1.54) is 22.5 Å². The van der Waals surface area contributed by atoms with Gasteiger partial charge in [0.1, 0.15) is 11.9 Å². The van der Waals surface area contributed by atoms with Crippen LogP contribution in [0.1, 0.15) is 34.1 Å². The number of hydrogen-bond acceptors (Lipinski definition) is 5. The molecule has 0 bridgehead atoms. The zero-order valence-electron chi connectivity index (χ0n) is 17.7. The molecule has 1 saturated heterocycles. The number of carbonyl (C=O) groups excluding carboxylic acids is 2. The number of thiophene rings is 1. The van der Waals surface area contributed by atoms with Gasteiger partial charge in [0, 0.05) is 57.8 Å². The topological polar surface area (TPSA) is 53.1 Å². The van der Waals surface area contributed by atoms with Crippen molar-refractivity contribution in [3.8, 4) is 5.75 Å². The number of carbonyl (C=O) groups is 2. The second-order valence-corrected chi connectivity index (χ2v) is 9.12. The van der Waals surface area contributed by atoms with Gasteiger partial charge in [-0.1, -0.05) is 23.8 Å². The van der Waals surface area contributed by atoms with E-state index in [-0.39, 0.29) is 17.9 Å². The molecule has 2 amide bonds. The van der Waals surface area contributed by atoms with Gasteiger partial charge in [0.05, 0.1) is 4.88 Å². The Bertz CT molecular complexity index is 891. The Morgan fingerprint density at radius 3 is 2.63 bits per heavy atom. The lowest BCUT2D eigenvalue weighted by Gasteiger charge is -2.35. The van der Waals surface area contributed by atoms with Crippen molar-refractivity contribution in [1.29, 1.82) is 0 Å². The number of piperazine rings is 1. The van der Waals surface area contributed by atoms with Crippen molar-refractivity contribution in [1.82, 2.24) is 14.7 Å². The molecule has 1 unspecified atom stereocenters. The average molecular weight is 428 g/mol. The van der Waals surface area contributed by atoms with Crippen molar-refractivity contribution in [3.63, 3.8) is 0 Å². The number of aryl methyl sites for hydroxylation is 1. The highest BCUT2D eigenvalue weighted by atomic mass is 32.1. The van der Waals surface area contributed by atoms with Crippen molar-refractivity contribution in [2.45, 2.75) is 32.9 Å². The van der Waals surface area contributed by atoms with Gasteiger partial charge < -0.3 is 14.5 Å². The summed E-state index contributed by atoms with van der Waals surface area (Å²) in [6.45, 7) is 8.91. The molecule has 7 heteroatoms. The largest absolute Gasteiger partial charge is 0.489 e. The molecular weight excluding hydrogens is 398 g/mol. The lowest BCUT2D eigenvalue weighted by Crippen LogP contribution is -2.51. The van der Waals surface area contributed by atoms with Gasteiger partial charge in [0.2, 0.25) is 5.91 Å². The average Bonchev–Trinajstić information content (AvgIpc) is 3.23. The van der Waals surface area contributed by atoms with E-state index in [0.717, 1.165) is 23.7 Å². The van der Waals surface area contributed by atoms with E-state index < -0.39 is 0 Å². The summed E-state index contributed by atoms with van der Waals surface area (Å²) in [6.07, 6.45) is 0.586. The van der Waals surface area contributed by atoms with Crippen LogP contribution in [0.2, 0.25) is 0 Å². The first-order valence-corrected chi connectivity index (χ1v) is 11.5. The lowest BCUT2D eigenvalue weighted by atomic mass is 10.1. The normalized spacial score (nSPS) is 19.7. The molecule has 2 aromatic rings. The molecule has 0 saturated carbocycles. The maximum absolute atomic E-state index is 12.8. The Labute approximate surface area is 182 Å². The van der Waals surface area contributed by atoms with Crippen molar-refractivity contribution >= 4 is 23.2 Å². The van der Waals surface area contributed by atoms with Crippen LogP contribution >= 0.6 is 11.3 Å². The highest BCUT2D eigenvalue weighted by molar-refractivity contribution is 7.12. The van der Waals surface area contributed by atoms with Gasteiger partial charge in [0.15, 0.2) is 0 Å². The van der Waals surface area contributed by atoms with E-state index in [1.54, 1.807) is 0 Å². The molecule has 1 fully saturated rings. The van der Waals surface area contributed by atoms with Gasteiger partial charge in [0.25, 0.3) is 5.91 Å². The van der Waals surface area contributed by atoms with Crippen LogP contribution in [0, 0.1) is 6.92 Å². The molecule has 1 aromatic heterocycles. The van der Waals surface area contributed by atoms with Crippen LogP contribution in [0.15, 0.2) is 35.7 Å². The maximum Gasteiger partial charge on any atom is 0.264 e. The number of fused-ring (bicyclic) bond motifs is 1. The third-order valence-electron chi connectivity index (χ3n) is 5.75. The maximum atomic E-state index is 12.8. The number of rotatable bonds is 4. The van der Waals surface area contributed by atoms with Crippen LogP contribution in [0.4, 0.5) is 0 Å². The van der Waals surface area contributed by atoms with Gasteiger partial charge in [-0.15, -0.1) is 11.3 Å². The number of amides is 2. The summed E-state index contributed by atoms with van der Waals surface area (Å²) in [6, 6.07) is 10.1. The van der Waals surface area contributed by atoms with Crippen LogP contribution in [-0.2, 0) is 11.3 Å². The highest BCUT2D eigenvalue weighted by Crippen LogP contribution is 2.26. The molecule has 1 aromatic carbocycles. The quantitative estimate of drug-likeness (QED) is 0.753. The SMILES string of the molecule is Cc1ccc2c(c1)CN(CCC(=O)N1CCN(C(=O)c3cccs3)CC1)CC(C)O2. The molecule has 2 aliphatic rings. The van der Waals surface area contributed by atoms with E-state index in [4.69, 9.17) is 4.74 Å². The van der Waals surface area contributed by atoms with E-state index >= 15 is 0 Å². The number of nitrogens with zero attached hydrogens (tertiary/aromatic N) is 3. The molecule has 0 N–H and O–H groups in total. The molecule has 0 spiro atoms. The standard InChI is InChI=1S/C23H29N3O3S/c1-17-5-6-20-19(14-17)16-24(15-18(2)29-20)8-7-22(27)25-9-11-26(12-10-25)23(28)21-4-3-13-30-21/h3-6,13-14,18H,7-12,15-16H2,1-2H3.